The van der Waals surface area contributed by atoms with E-state index in [1.165, 1.54) is 24.1 Å². The van der Waals surface area contributed by atoms with Gasteiger partial charge in [-0.3, -0.25) is 4.68 Å². The third-order valence-electron chi connectivity index (χ3n) is 3.02. The minimum absolute atomic E-state index is 0.765. The molecule has 1 aromatic rings. The summed E-state index contributed by atoms with van der Waals surface area (Å²) < 4.78 is 7.16. The molecule has 0 spiro atoms. The van der Waals surface area contributed by atoms with Crippen LogP contribution in [0.5, 0.6) is 0 Å². The van der Waals surface area contributed by atoms with Crippen molar-refractivity contribution in [1.82, 2.24) is 15.1 Å². The SMILES string of the molecule is CCn1ncc(CNCCOC)c1C1CC1. The van der Waals surface area contributed by atoms with Crippen LogP contribution in [-0.4, -0.2) is 30.0 Å². The predicted molar refractivity (Wildman–Crippen MR) is 63.5 cm³/mol. The molecular weight excluding hydrogens is 202 g/mol. The average Bonchev–Trinajstić information content (AvgIpc) is 3.06. The standard InChI is InChI=1S/C12H21N3O/c1-3-15-12(10-4-5-10)11(9-14-15)8-13-6-7-16-2/h9-10,13H,3-8H2,1-2H3. The minimum Gasteiger partial charge on any atom is -0.383 e. The number of aryl methyl sites for hydroxylation is 1. The summed E-state index contributed by atoms with van der Waals surface area (Å²) in [7, 11) is 1.73. The molecule has 0 aromatic carbocycles. The lowest BCUT2D eigenvalue weighted by molar-refractivity contribution is 0.199. The Morgan fingerprint density at radius 3 is 3.00 bits per heavy atom. The quantitative estimate of drug-likeness (QED) is 0.712. The maximum absolute atomic E-state index is 5.01. The molecule has 2 rings (SSSR count). The molecule has 0 amide bonds. The van der Waals surface area contributed by atoms with Crippen LogP contribution < -0.4 is 5.32 Å². The minimum atomic E-state index is 0.765. The van der Waals surface area contributed by atoms with Gasteiger partial charge < -0.3 is 10.1 Å². The largest absolute Gasteiger partial charge is 0.383 e. The van der Waals surface area contributed by atoms with Gasteiger partial charge in [0.05, 0.1) is 12.8 Å². The van der Waals surface area contributed by atoms with E-state index in [1.807, 2.05) is 6.20 Å². The first-order chi connectivity index (χ1) is 7.86. The van der Waals surface area contributed by atoms with E-state index in [9.17, 15) is 0 Å². The Morgan fingerprint density at radius 1 is 1.56 bits per heavy atom. The highest BCUT2D eigenvalue weighted by molar-refractivity contribution is 5.25. The Labute approximate surface area is 97.0 Å². The van der Waals surface area contributed by atoms with Gasteiger partial charge in [-0.05, 0) is 19.8 Å². The first kappa shape index (κ1) is 11.6. The zero-order chi connectivity index (χ0) is 11.4. The van der Waals surface area contributed by atoms with E-state index < -0.39 is 0 Å². The van der Waals surface area contributed by atoms with Crippen molar-refractivity contribution in [3.8, 4) is 0 Å². The first-order valence-corrected chi connectivity index (χ1v) is 6.11. The van der Waals surface area contributed by atoms with Gasteiger partial charge in [-0.15, -0.1) is 0 Å². The summed E-state index contributed by atoms with van der Waals surface area (Å²) in [6.45, 7) is 5.71. The monoisotopic (exact) mass is 223 g/mol. The van der Waals surface area contributed by atoms with Crippen molar-refractivity contribution in [1.29, 1.82) is 0 Å². The molecule has 4 heteroatoms. The molecule has 1 fully saturated rings. The summed E-state index contributed by atoms with van der Waals surface area (Å²) in [5, 5.41) is 7.82. The van der Waals surface area contributed by atoms with Crippen molar-refractivity contribution >= 4 is 0 Å². The van der Waals surface area contributed by atoms with E-state index in [2.05, 4.69) is 22.0 Å². The summed E-state index contributed by atoms with van der Waals surface area (Å²) in [4.78, 5) is 0. The maximum atomic E-state index is 5.01. The molecule has 1 aliphatic rings. The Balaban J connectivity index is 1.94. The second-order valence-electron chi connectivity index (χ2n) is 4.31. The van der Waals surface area contributed by atoms with E-state index in [4.69, 9.17) is 4.74 Å². The second-order valence-corrected chi connectivity index (χ2v) is 4.31. The first-order valence-electron chi connectivity index (χ1n) is 6.11. The Bertz CT molecular complexity index is 331. The summed E-state index contributed by atoms with van der Waals surface area (Å²) in [6.07, 6.45) is 4.67. The topological polar surface area (TPSA) is 39.1 Å². The number of methoxy groups -OCH3 is 1. The zero-order valence-electron chi connectivity index (χ0n) is 10.2. The molecule has 16 heavy (non-hydrogen) atoms. The third-order valence-corrected chi connectivity index (χ3v) is 3.02. The molecule has 0 atom stereocenters. The molecule has 1 aromatic heterocycles. The summed E-state index contributed by atoms with van der Waals surface area (Å²) in [5.41, 5.74) is 2.81. The molecule has 0 bridgehead atoms. The molecule has 1 heterocycles. The van der Waals surface area contributed by atoms with Gasteiger partial charge in [0.25, 0.3) is 0 Å². The number of ether oxygens (including phenoxy) is 1. The van der Waals surface area contributed by atoms with Crippen LogP contribution in [0.15, 0.2) is 6.20 Å². The summed E-state index contributed by atoms with van der Waals surface area (Å²) >= 11 is 0. The molecule has 0 radical (unpaired) electrons. The van der Waals surface area contributed by atoms with Gasteiger partial charge in [-0.25, -0.2) is 0 Å². The van der Waals surface area contributed by atoms with Crippen LogP contribution in [-0.2, 0) is 17.8 Å². The molecule has 1 N–H and O–H groups in total. The molecule has 90 valence electrons. The van der Waals surface area contributed by atoms with Crippen molar-refractivity contribution in [2.45, 2.75) is 38.8 Å². The van der Waals surface area contributed by atoms with Crippen LogP contribution in [0, 0.1) is 0 Å². The third kappa shape index (κ3) is 2.62. The van der Waals surface area contributed by atoms with Crippen LogP contribution in [0.25, 0.3) is 0 Å². The fraction of sp³-hybridized carbons (Fsp3) is 0.750. The lowest BCUT2D eigenvalue weighted by Crippen LogP contribution is -2.19. The van der Waals surface area contributed by atoms with Crippen molar-refractivity contribution in [3.63, 3.8) is 0 Å². The van der Waals surface area contributed by atoms with E-state index >= 15 is 0 Å². The van der Waals surface area contributed by atoms with Crippen LogP contribution >= 0.6 is 0 Å². The molecule has 4 nitrogen and oxygen atoms in total. The van der Waals surface area contributed by atoms with E-state index in [1.54, 1.807) is 7.11 Å². The molecule has 0 unspecified atom stereocenters. The molecule has 1 aliphatic carbocycles. The summed E-state index contributed by atoms with van der Waals surface area (Å²) in [6, 6.07) is 0. The molecular formula is C12H21N3O. The van der Waals surface area contributed by atoms with Gasteiger partial charge in [0.2, 0.25) is 0 Å². The zero-order valence-corrected chi connectivity index (χ0v) is 10.2. The van der Waals surface area contributed by atoms with Gasteiger partial charge in [-0.1, -0.05) is 0 Å². The van der Waals surface area contributed by atoms with Crippen molar-refractivity contribution < 1.29 is 4.74 Å². The number of hydrogen-bond donors (Lipinski definition) is 1. The predicted octanol–water partition coefficient (Wildman–Crippen LogP) is 1.52. The molecule has 0 saturated heterocycles. The Hall–Kier alpha value is -0.870. The van der Waals surface area contributed by atoms with Crippen molar-refractivity contribution in [3.05, 3.63) is 17.5 Å². The fourth-order valence-corrected chi connectivity index (χ4v) is 2.05. The normalized spacial score (nSPS) is 15.6. The number of hydrogen-bond acceptors (Lipinski definition) is 3. The maximum Gasteiger partial charge on any atom is 0.0587 e. The lowest BCUT2D eigenvalue weighted by Gasteiger charge is -2.07. The van der Waals surface area contributed by atoms with Crippen molar-refractivity contribution in [2.75, 3.05) is 20.3 Å². The summed E-state index contributed by atoms with van der Waals surface area (Å²) in [5.74, 6) is 0.765. The highest BCUT2D eigenvalue weighted by atomic mass is 16.5. The Morgan fingerprint density at radius 2 is 2.38 bits per heavy atom. The number of nitrogens with one attached hydrogen (secondary N) is 1. The highest BCUT2D eigenvalue weighted by Crippen LogP contribution is 2.41. The van der Waals surface area contributed by atoms with Gasteiger partial charge in [0.15, 0.2) is 0 Å². The van der Waals surface area contributed by atoms with E-state index in [-0.39, 0.29) is 0 Å². The van der Waals surface area contributed by atoms with Crippen LogP contribution in [0.3, 0.4) is 0 Å². The van der Waals surface area contributed by atoms with Crippen LogP contribution in [0.4, 0.5) is 0 Å². The Kier molecular flexibility index (Phi) is 3.96. The van der Waals surface area contributed by atoms with E-state index in [0.29, 0.717) is 0 Å². The van der Waals surface area contributed by atoms with Crippen LogP contribution in [0.1, 0.15) is 36.9 Å². The number of nitrogens with zero attached hydrogens (tertiary/aromatic N) is 2. The lowest BCUT2D eigenvalue weighted by atomic mass is 10.2. The highest BCUT2D eigenvalue weighted by Gasteiger charge is 2.29. The fourth-order valence-electron chi connectivity index (χ4n) is 2.05. The van der Waals surface area contributed by atoms with Gasteiger partial charge in [-0.2, -0.15) is 5.10 Å². The van der Waals surface area contributed by atoms with Crippen LogP contribution in [0.2, 0.25) is 0 Å². The molecule has 0 aliphatic heterocycles. The van der Waals surface area contributed by atoms with Gasteiger partial charge in [0.1, 0.15) is 0 Å². The average molecular weight is 223 g/mol. The molecule has 1 saturated carbocycles. The second kappa shape index (κ2) is 5.46. The number of rotatable bonds is 7. The van der Waals surface area contributed by atoms with Gasteiger partial charge in [0, 0.05) is 43.9 Å². The number of aromatic nitrogens is 2. The van der Waals surface area contributed by atoms with E-state index in [0.717, 1.165) is 32.2 Å². The smallest absolute Gasteiger partial charge is 0.0587 e. The van der Waals surface area contributed by atoms with Crippen molar-refractivity contribution in [2.24, 2.45) is 0 Å². The van der Waals surface area contributed by atoms with Gasteiger partial charge >= 0.3 is 0 Å².